The molecule has 0 saturated heterocycles. The Morgan fingerprint density at radius 2 is 2.00 bits per heavy atom. The molecule has 1 aliphatic rings. The van der Waals surface area contributed by atoms with E-state index in [0.717, 1.165) is 40.9 Å². The molecule has 6 nitrogen and oxygen atoms in total. The predicted octanol–water partition coefficient (Wildman–Crippen LogP) is 2.57. The third-order valence-corrected chi connectivity index (χ3v) is 4.55. The van der Waals surface area contributed by atoms with Gasteiger partial charge in [0.2, 0.25) is 0 Å². The number of benzene rings is 1. The van der Waals surface area contributed by atoms with Gasteiger partial charge in [0, 0.05) is 11.8 Å². The van der Waals surface area contributed by atoms with Crippen molar-refractivity contribution in [1.82, 2.24) is 19.7 Å². The molecule has 1 aromatic carbocycles. The maximum absolute atomic E-state index is 11.9. The second kappa shape index (κ2) is 6.64. The Hall–Kier alpha value is -2.73. The fourth-order valence-electron chi connectivity index (χ4n) is 3.32. The Morgan fingerprint density at radius 1 is 1.24 bits per heavy atom. The van der Waals surface area contributed by atoms with E-state index in [-0.39, 0.29) is 18.4 Å². The zero-order valence-electron chi connectivity index (χ0n) is 13.7. The van der Waals surface area contributed by atoms with Crippen molar-refractivity contribution >= 4 is 18.3 Å². The van der Waals surface area contributed by atoms with Crippen LogP contribution >= 0.6 is 12.4 Å². The second-order valence-corrected chi connectivity index (χ2v) is 5.97. The van der Waals surface area contributed by atoms with Crippen LogP contribution < -0.4 is 5.73 Å². The molecule has 0 aliphatic heterocycles. The third-order valence-electron chi connectivity index (χ3n) is 4.55. The van der Waals surface area contributed by atoms with Gasteiger partial charge in [0.25, 0.3) is 5.91 Å². The molecular weight excluding hydrogens is 338 g/mol. The van der Waals surface area contributed by atoms with Crippen LogP contribution in [0.4, 0.5) is 0 Å². The van der Waals surface area contributed by atoms with Crippen molar-refractivity contribution in [3.63, 3.8) is 0 Å². The number of halogens is 1. The van der Waals surface area contributed by atoms with Crippen molar-refractivity contribution in [1.29, 1.82) is 0 Å². The number of hydrogen-bond acceptors (Lipinski definition) is 4. The SMILES string of the molecule is C[C@H](c1ccccc1)n1nc(C(N)=O)c2c1-c1ncncc1CC2.Cl. The lowest BCUT2D eigenvalue weighted by molar-refractivity contribution is 0.0993. The van der Waals surface area contributed by atoms with Gasteiger partial charge in [0.05, 0.1) is 17.4 Å². The Balaban J connectivity index is 0.00000182. The van der Waals surface area contributed by atoms with Crippen molar-refractivity contribution in [2.24, 2.45) is 5.73 Å². The first-order valence-corrected chi connectivity index (χ1v) is 7.92. The molecule has 0 fully saturated rings. The molecule has 1 amide bonds. The van der Waals surface area contributed by atoms with Crippen LogP contribution in [0.15, 0.2) is 42.9 Å². The summed E-state index contributed by atoms with van der Waals surface area (Å²) in [5, 5.41) is 4.55. The number of hydrogen-bond donors (Lipinski definition) is 1. The van der Waals surface area contributed by atoms with Gasteiger partial charge in [0.1, 0.15) is 6.33 Å². The smallest absolute Gasteiger partial charge is 0.269 e. The van der Waals surface area contributed by atoms with E-state index in [1.54, 1.807) is 0 Å². The first kappa shape index (κ1) is 17.1. The van der Waals surface area contributed by atoms with Gasteiger partial charge in [-0.2, -0.15) is 5.10 Å². The minimum Gasteiger partial charge on any atom is -0.364 e. The zero-order valence-corrected chi connectivity index (χ0v) is 14.5. The van der Waals surface area contributed by atoms with E-state index in [1.807, 2.05) is 41.2 Å². The van der Waals surface area contributed by atoms with Gasteiger partial charge < -0.3 is 5.73 Å². The summed E-state index contributed by atoms with van der Waals surface area (Å²) in [6, 6.07) is 10.0. The maximum Gasteiger partial charge on any atom is 0.269 e. The first-order chi connectivity index (χ1) is 11.7. The third kappa shape index (κ3) is 2.78. The highest BCUT2D eigenvalue weighted by molar-refractivity contribution is 5.94. The molecule has 0 unspecified atom stereocenters. The van der Waals surface area contributed by atoms with E-state index in [1.165, 1.54) is 6.33 Å². The van der Waals surface area contributed by atoms with Crippen molar-refractivity contribution in [2.75, 3.05) is 0 Å². The number of primary amides is 1. The lowest BCUT2D eigenvalue weighted by Gasteiger charge is -2.20. The largest absolute Gasteiger partial charge is 0.364 e. The number of aryl methyl sites for hydroxylation is 1. The monoisotopic (exact) mass is 355 g/mol. The van der Waals surface area contributed by atoms with Crippen molar-refractivity contribution in [3.05, 3.63) is 65.2 Å². The number of nitrogens with zero attached hydrogens (tertiary/aromatic N) is 4. The fourth-order valence-corrected chi connectivity index (χ4v) is 3.32. The normalized spacial score (nSPS) is 13.3. The van der Waals surface area contributed by atoms with E-state index < -0.39 is 5.91 Å². The van der Waals surface area contributed by atoms with Crippen LogP contribution in [-0.2, 0) is 12.8 Å². The van der Waals surface area contributed by atoms with Crippen LogP contribution in [0.1, 0.15) is 40.1 Å². The summed E-state index contributed by atoms with van der Waals surface area (Å²) in [5.74, 6) is -0.497. The summed E-state index contributed by atoms with van der Waals surface area (Å²) in [7, 11) is 0. The average molecular weight is 356 g/mol. The lowest BCUT2D eigenvalue weighted by Crippen LogP contribution is -2.15. The molecule has 7 heteroatoms. The van der Waals surface area contributed by atoms with Crippen LogP contribution in [0.25, 0.3) is 11.4 Å². The Kier molecular flexibility index (Phi) is 4.55. The standard InChI is InChI=1S/C18H17N5O.ClH/c1-11(12-5-3-2-4-6-12)23-17-14(16(22-23)18(19)24)8-7-13-9-20-10-21-15(13)17;/h2-6,9-11H,7-8H2,1H3,(H2,19,24);1H/t11-;/m1./s1. The summed E-state index contributed by atoms with van der Waals surface area (Å²) >= 11 is 0. The number of fused-ring (bicyclic) bond motifs is 3. The minimum atomic E-state index is -0.497. The van der Waals surface area contributed by atoms with E-state index in [9.17, 15) is 4.79 Å². The topological polar surface area (TPSA) is 86.7 Å². The molecule has 1 atom stereocenters. The number of carbonyl (C=O) groups excluding carboxylic acids is 1. The minimum absolute atomic E-state index is 0. The summed E-state index contributed by atoms with van der Waals surface area (Å²) < 4.78 is 1.87. The molecule has 0 bridgehead atoms. The maximum atomic E-state index is 11.9. The Labute approximate surface area is 151 Å². The fraction of sp³-hybridized carbons (Fsp3) is 0.222. The molecule has 4 rings (SSSR count). The highest BCUT2D eigenvalue weighted by Gasteiger charge is 2.30. The van der Waals surface area contributed by atoms with Crippen molar-refractivity contribution in [3.8, 4) is 11.4 Å². The molecule has 2 N–H and O–H groups in total. The van der Waals surface area contributed by atoms with Gasteiger partial charge in [-0.15, -0.1) is 12.4 Å². The lowest BCUT2D eigenvalue weighted by atomic mass is 9.93. The quantitative estimate of drug-likeness (QED) is 0.782. The summed E-state index contributed by atoms with van der Waals surface area (Å²) in [4.78, 5) is 20.4. The number of rotatable bonds is 3. The van der Waals surface area contributed by atoms with Crippen LogP contribution in [-0.4, -0.2) is 25.7 Å². The van der Waals surface area contributed by atoms with Gasteiger partial charge in [-0.25, -0.2) is 9.97 Å². The molecule has 0 spiro atoms. The summed E-state index contributed by atoms with van der Waals surface area (Å²) in [6.45, 7) is 2.06. The van der Waals surface area contributed by atoms with Crippen LogP contribution in [0.5, 0.6) is 0 Å². The second-order valence-electron chi connectivity index (χ2n) is 5.97. The number of nitrogens with two attached hydrogens (primary N) is 1. The Bertz CT molecular complexity index is 922. The predicted molar refractivity (Wildman–Crippen MR) is 96.7 cm³/mol. The summed E-state index contributed by atoms with van der Waals surface area (Å²) in [5.41, 5.74) is 10.7. The number of aromatic nitrogens is 4. The van der Waals surface area contributed by atoms with Gasteiger partial charge in [-0.05, 0) is 30.9 Å². The van der Waals surface area contributed by atoms with Gasteiger partial charge >= 0.3 is 0 Å². The molecule has 128 valence electrons. The molecule has 3 aromatic rings. The molecule has 1 aliphatic carbocycles. The average Bonchev–Trinajstić information content (AvgIpc) is 3.02. The molecule has 0 radical (unpaired) electrons. The van der Waals surface area contributed by atoms with E-state index in [0.29, 0.717) is 5.69 Å². The number of carbonyl (C=O) groups is 1. The molecule has 2 aromatic heterocycles. The van der Waals surface area contributed by atoms with Crippen LogP contribution in [0, 0.1) is 0 Å². The van der Waals surface area contributed by atoms with Gasteiger partial charge in [-0.1, -0.05) is 30.3 Å². The highest BCUT2D eigenvalue weighted by atomic mass is 35.5. The first-order valence-electron chi connectivity index (χ1n) is 7.92. The molecular formula is C18H18ClN5O. The molecule has 25 heavy (non-hydrogen) atoms. The zero-order chi connectivity index (χ0) is 16.7. The van der Waals surface area contributed by atoms with Crippen molar-refractivity contribution < 1.29 is 4.79 Å². The van der Waals surface area contributed by atoms with Crippen molar-refractivity contribution in [2.45, 2.75) is 25.8 Å². The van der Waals surface area contributed by atoms with Gasteiger partial charge in [-0.3, -0.25) is 9.48 Å². The van der Waals surface area contributed by atoms with Gasteiger partial charge in [0.15, 0.2) is 5.69 Å². The number of amides is 1. The molecule has 0 saturated carbocycles. The van der Waals surface area contributed by atoms with E-state index in [4.69, 9.17) is 5.73 Å². The Morgan fingerprint density at radius 3 is 2.72 bits per heavy atom. The van der Waals surface area contributed by atoms with Crippen LogP contribution in [0.2, 0.25) is 0 Å². The van der Waals surface area contributed by atoms with E-state index in [2.05, 4.69) is 22.0 Å². The summed E-state index contributed by atoms with van der Waals surface area (Å²) in [6.07, 6.45) is 4.87. The van der Waals surface area contributed by atoms with E-state index >= 15 is 0 Å². The highest BCUT2D eigenvalue weighted by Crippen LogP contribution is 2.36. The van der Waals surface area contributed by atoms with Crippen LogP contribution in [0.3, 0.4) is 0 Å². The molecule has 2 heterocycles.